The van der Waals surface area contributed by atoms with Crippen LogP contribution in [0.4, 0.5) is 5.69 Å². The van der Waals surface area contributed by atoms with Gasteiger partial charge in [-0.3, -0.25) is 4.79 Å². The van der Waals surface area contributed by atoms with Crippen LogP contribution in [0, 0.1) is 23.2 Å². The van der Waals surface area contributed by atoms with Gasteiger partial charge in [-0.1, -0.05) is 0 Å². The summed E-state index contributed by atoms with van der Waals surface area (Å²) in [5.41, 5.74) is 1.37. The highest BCUT2D eigenvalue weighted by Crippen LogP contribution is 2.30. The third kappa shape index (κ3) is 3.88. The van der Waals surface area contributed by atoms with E-state index < -0.39 is 5.97 Å². The van der Waals surface area contributed by atoms with E-state index in [-0.39, 0.29) is 5.92 Å². The van der Waals surface area contributed by atoms with E-state index in [1.807, 2.05) is 6.07 Å². The molecule has 5 nitrogen and oxygen atoms in total. The molecule has 2 rings (SSSR count). The number of methoxy groups -OCH3 is 1. The minimum Gasteiger partial charge on any atom is -0.497 e. The van der Waals surface area contributed by atoms with E-state index in [2.05, 4.69) is 11.4 Å². The number of hydrogen-bond acceptors (Lipinski definition) is 4. The molecule has 0 aromatic heterocycles. The predicted molar refractivity (Wildman–Crippen MR) is 79.3 cm³/mol. The molecule has 0 atom stereocenters. The van der Waals surface area contributed by atoms with Crippen molar-refractivity contribution in [2.45, 2.75) is 25.7 Å². The van der Waals surface area contributed by atoms with Gasteiger partial charge < -0.3 is 15.2 Å². The molecule has 1 aliphatic carbocycles. The first-order chi connectivity index (χ1) is 10.1. The molecule has 1 aliphatic rings. The second-order valence-electron chi connectivity index (χ2n) is 5.46. The van der Waals surface area contributed by atoms with Gasteiger partial charge >= 0.3 is 5.97 Å². The molecule has 0 heterocycles. The average molecular weight is 288 g/mol. The smallest absolute Gasteiger partial charge is 0.306 e. The standard InChI is InChI=1S/C16H20N2O3/c1-21-14-7-6-13(9-17)15(8-14)18-10-11-2-4-12(5-3-11)16(19)20/h6-8,11-12,18H,2-5,10H2,1H3,(H,19,20). The number of ether oxygens (including phenoxy) is 1. The molecule has 1 saturated carbocycles. The third-order valence-corrected chi connectivity index (χ3v) is 4.12. The van der Waals surface area contributed by atoms with Crippen LogP contribution in [-0.2, 0) is 4.79 Å². The zero-order chi connectivity index (χ0) is 15.2. The minimum absolute atomic E-state index is 0.187. The maximum atomic E-state index is 10.9. The number of carbonyl (C=O) groups is 1. The van der Waals surface area contributed by atoms with Crippen molar-refractivity contribution in [1.82, 2.24) is 0 Å². The Morgan fingerprint density at radius 2 is 2.14 bits per heavy atom. The van der Waals surface area contributed by atoms with Gasteiger partial charge in [0, 0.05) is 12.6 Å². The topological polar surface area (TPSA) is 82.3 Å². The van der Waals surface area contributed by atoms with Crippen LogP contribution < -0.4 is 10.1 Å². The second-order valence-corrected chi connectivity index (χ2v) is 5.46. The maximum Gasteiger partial charge on any atom is 0.306 e. The normalized spacial score (nSPS) is 21.3. The summed E-state index contributed by atoms with van der Waals surface area (Å²) >= 11 is 0. The lowest BCUT2D eigenvalue weighted by Gasteiger charge is -2.26. The Bertz CT molecular complexity index is 543. The van der Waals surface area contributed by atoms with E-state index in [9.17, 15) is 4.79 Å². The number of nitriles is 1. The molecule has 2 N–H and O–H groups in total. The lowest BCUT2D eigenvalue weighted by molar-refractivity contribution is -0.143. The number of carboxylic acid groups (broad SMARTS) is 1. The number of rotatable bonds is 5. The SMILES string of the molecule is COc1ccc(C#N)c(NCC2CCC(C(=O)O)CC2)c1. The van der Waals surface area contributed by atoms with Crippen molar-refractivity contribution in [3.05, 3.63) is 23.8 Å². The van der Waals surface area contributed by atoms with Crippen LogP contribution in [0.5, 0.6) is 5.75 Å². The molecule has 0 bridgehead atoms. The fourth-order valence-electron chi connectivity index (χ4n) is 2.76. The highest BCUT2D eigenvalue weighted by Gasteiger charge is 2.25. The van der Waals surface area contributed by atoms with Crippen LogP contribution in [0.25, 0.3) is 0 Å². The fraction of sp³-hybridized carbons (Fsp3) is 0.500. The number of nitrogens with one attached hydrogen (secondary N) is 1. The average Bonchev–Trinajstić information content (AvgIpc) is 2.52. The van der Waals surface area contributed by atoms with Gasteiger partial charge in [-0.15, -0.1) is 0 Å². The number of anilines is 1. The second kappa shape index (κ2) is 6.98. The summed E-state index contributed by atoms with van der Waals surface area (Å²) in [4.78, 5) is 10.9. The Morgan fingerprint density at radius 1 is 1.43 bits per heavy atom. The maximum absolute atomic E-state index is 10.9. The summed E-state index contributed by atoms with van der Waals surface area (Å²) in [6.45, 7) is 0.758. The summed E-state index contributed by atoms with van der Waals surface area (Å²) in [5, 5.41) is 21.4. The van der Waals surface area contributed by atoms with Gasteiger partial charge in [0.1, 0.15) is 11.8 Å². The number of carboxylic acids is 1. The van der Waals surface area contributed by atoms with Crippen molar-refractivity contribution < 1.29 is 14.6 Å². The first kappa shape index (κ1) is 15.2. The van der Waals surface area contributed by atoms with Crippen LogP contribution in [0.3, 0.4) is 0 Å². The molecular weight excluding hydrogens is 268 g/mol. The summed E-state index contributed by atoms with van der Waals surface area (Å²) in [7, 11) is 1.60. The van der Waals surface area contributed by atoms with Crippen molar-refractivity contribution in [2.75, 3.05) is 19.0 Å². The van der Waals surface area contributed by atoms with Gasteiger partial charge in [0.25, 0.3) is 0 Å². The van der Waals surface area contributed by atoms with Gasteiger partial charge in [-0.05, 0) is 43.7 Å². The minimum atomic E-state index is -0.680. The summed E-state index contributed by atoms with van der Waals surface area (Å²) in [6.07, 6.45) is 3.31. The number of hydrogen-bond donors (Lipinski definition) is 2. The Hall–Kier alpha value is -2.22. The van der Waals surface area contributed by atoms with Gasteiger partial charge in [0.15, 0.2) is 0 Å². The van der Waals surface area contributed by atoms with Crippen molar-refractivity contribution in [3.63, 3.8) is 0 Å². The summed E-state index contributed by atoms with van der Waals surface area (Å²) in [6, 6.07) is 7.49. The quantitative estimate of drug-likeness (QED) is 0.870. The van der Waals surface area contributed by atoms with E-state index in [0.29, 0.717) is 17.2 Å². The molecule has 112 valence electrons. The number of benzene rings is 1. The van der Waals surface area contributed by atoms with Crippen molar-refractivity contribution in [1.29, 1.82) is 5.26 Å². The molecule has 0 spiro atoms. The van der Waals surface area contributed by atoms with Gasteiger partial charge in [0.2, 0.25) is 0 Å². The molecule has 0 saturated heterocycles. The van der Waals surface area contributed by atoms with Crippen LogP contribution >= 0.6 is 0 Å². The Balaban J connectivity index is 1.92. The molecule has 1 aromatic carbocycles. The Kier molecular flexibility index (Phi) is 5.04. The summed E-state index contributed by atoms with van der Waals surface area (Å²) < 4.78 is 5.17. The molecule has 0 aliphatic heterocycles. The molecule has 0 amide bonds. The van der Waals surface area contributed by atoms with Gasteiger partial charge in [0.05, 0.1) is 24.3 Å². The van der Waals surface area contributed by atoms with Crippen LogP contribution in [0.2, 0.25) is 0 Å². The van der Waals surface area contributed by atoms with Crippen molar-refractivity contribution in [2.24, 2.45) is 11.8 Å². The highest BCUT2D eigenvalue weighted by molar-refractivity contribution is 5.70. The molecule has 21 heavy (non-hydrogen) atoms. The van der Waals surface area contributed by atoms with Crippen LogP contribution in [0.1, 0.15) is 31.2 Å². The zero-order valence-corrected chi connectivity index (χ0v) is 12.1. The van der Waals surface area contributed by atoms with E-state index >= 15 is 0 Å². The molecule has 1 fully saturated rings. The first-order valence-corrected chi connectivity index (χ1v) is 7.19. The lowest BCUT2D eigenvalue weighted by atomic mass is 9.82. The molecule has 1 aromatic rings. The lowest BCUT2D eigenvalue weighted by Crippen LogP contribution is -2.25. The van der Waals surface area contributed by atoms with Gasteiger partial charge in [-0.25, -0.2) is 0 Å². The number of aliphatic carboxylic acids is 1. The Labute approximate surface area is 124 Å². The third-order valence-electron chi connectivity index (χ3n) is 4.12. The Morgan fingerprint density at radius 3 is 2.71 bits per heavy atom. The van der Waals surface area contributed by atoms with Gasteiger partial charge in [-0.2, -0.15) is 5.26 Å². The molecule has 0 radical (unpaired) electrons. The molecule has 5 heteroatoms. The predicted octanol–water partition coefficient (Wildman–Crippen LogP) is 2.87. The molecule has 0 unspecified atom stereocenters. The zero-order valence-electron chi connectivity index (χ0n) is 12.1. The number of nitrogens with zero attached hydrogens (tertiary/aromatic N) is 1. The van der Waals surface area contributed by atoms with Crippen molar-refractivity contribution >= 4 is 11.7 Å². The first-order valence-electron chi connectivity index (χ1n) is 7.19. The van der Waals surface area contributed by atoms with E-state index in [4.69, 9.17) is 15.1 Å². The van der Waals surface area contributed by atoms with E-state index in [1.54, 1.807) is 19.2 Å². The molecular formula is C16H20N2O3. The summed E-state index contributed by atoms with van der Waals surface area (Å²) in [5.74, 6) is 0.304. The van der Waals surface area contributed by atoms with Crippen molar-refractivity contribution in [3.8, 4) is 11.8 Å². The van der Waals surface area contributed by atoms with E-state index in [1.165, 1.54) is 0 Å². The monoisotopic (exact) mass is 288 g/mol. The fourth-order valence-corrected chi connectivity index (χ4v) is 2.76. The van der Waals surface area contributed by atoms with Crippen LogP contribution in [0.15, 0.2) is 18.2 Å². The largest absolute Gasteiger partial charge is 0.497 e. The van der Waals surface area contributed by atoms with Crippen LogP contribution in [-0.4, -0.2) is 24.7 Å². The highest BCUT2D eigenvalue weighted by atomic mass is 16.5. The van der Waals surface area contributed by atoms with E-state index in [0.717, 1.165) is 37.9 Å².